The third kappa shape index (κ3) is 3.35. The number of hydrogen-bond acceptors (Lipinski definition) is 4. The van der Waals surface area contributed by atoms with Crippen LogP contribution in [0.4, 0.5) is 10.2 Å². The molecule has 1 aromatic heterocycles. The van der Waals surface area contributed by atoms with Crippen LogP contribution in [0.2, 0.25) is 0 Å². The summed E-state index contributed by atoms with van der Waals surface area (Å²) in [6, 6.07) is 2.22. The molecule has 2 aliphatic heterocycles. The number of nitrogens with two attached hydrogens (primary N) is 1. The van der Waals surface area contributed by atoms with Crippen LogP contribution in [0.25, 0.3) is 0 Å². The minimum atomic E-state index is -0.303. The van der Waals surface area contributed by atoms with Crippen molar-refractivity contribution in [1.29, 1.82) is 0 Å². The largest absolute Gasteiger partial charge is 0.356 e. The predicted molar refractivity (Wildman–Crippen MR) is 82.7 cm³/mol. The van der Waals surface area contributed by atoms with Crippen LogP contribution in [-0.4, -0.2) is 42.1 Å². The van der Waals surface area contributed by atoms with Gasteiger partial charge >= 0.3 is 0 Å². The van der Waals surface area contributed by atoms with Gasteiger partial charge in [0, 0.05) is 31.2 Å². The highest BCUT2D eigenvalue weighted by Crippen LogP contribution is 2.25. The summed E-state index contributed by atoms with van der Waals surface area (Å²) < 4.78 is 13.3. The second-order valence-corrected chi connectivity index (χ2v) is 6.16. The Hall–Kier alpha value is -1.20. The van der Waals surface area contributed by atoms with Crippen molar-refractivity contribution in [2.24, 2.45) is 5.73 Å². The zero-order chi connectivity index (χ0) is 14.7. The number of piperidine rings is 2. The highest BCUT2D eigenvalue weighted by molar-refractivity contribution is 5.47. The molecule has 0 radical (unpaired) electrons. The van der Waals surface area contributed by atoms with Gasteiger partial charge in [-0.05, 0) is 44.8 Å². The lowest BCUT2D eigenvalue weighted by Gasteiger charge is -2.41. The van der Waals surface area contributed by atoms with Gasteiger partial charge in [0.05, 0.1) is 6.20 Å². The van der Waals surface area contributed by atoms with E-state index in [1.54, 1.807) is 0 Å². The molecule has 5 heteroatoms. The average molecular weight is 292 g/mol. The third-order valence-electron chi connectivity index (χ3n) is 4.80. The molecule has 2 saturated heterocycles. The minimum Gasteiger partial charge on any atom is -0.356 e. The van der Waals surface area contributed by atoms with Gasteiger partial charge in [0.15, 0.2) is 0 Å². The molecular formula is C16H25FN4. The second-order valence-electron chi connectivity index (χ2n) is 6.16. The van der Waals surface area contributed by atoms with Gasteiger partial charge in [-0.1, -0.05) is 6.42 Å². The maximum Gasteiger partial charge on any atom is 0.141 e. The van der Waals surface area contributed by atoms with Crippen molar-refractivity contribution < 1.29 is 4.39 Å². The van der Waals surface area contributed by atoms with Crippen LogP contribution < -0.4 is 10.6 Å². The van der Waals surface area contributed by atoms with Crippen LogP contribution in [0.5, 0.6) is 0 Å². The monoisotopic (exact) mass is 292 g/mol. The highest BCUT2D eigenvalue weighted by Gasteiger charge is 2.26. The lowest BCUT2D eigenvalue weighted by molar-refractivity contribution is 0.141. The van der Waals surface area contributed by atoms with E-state index in [1.165, 1.54) is 57.5 Å². The third-order valence-corrected chi connectivity index (χ3v) is 4.80. The molecule has 4 nitrogen and oxygen atoms in total. The molecule has 0 atom stereocenters. The molecule has 0 saturated carbocycles. The molecule has 2 N–H and O–H groups in total. The van der Waals surface area contributed by atoms with Crippen molar-refractivity contribution in [1.82, 2.24) is 9.88 Å². The minimum absolute atomic E-state index is 0.303. The van der Waals surface area contributed by atoms with Crippen LogP contribution in [0.15, 0.2) is 12.3 Å². The summed E-state index contributed by atoms with van der Waals surface area (Å²) in [5, 5.41) is 0. The molecule has 0 amide bonds. The Balaban J connectivity index is 1.62. The zero-order valence-electron chi connectivity index (χ0n) is 12.6. The molecule has 2 fully saturated rings. The summed E-state index contributed by atoms with van der Waals surface area (Å²) in [6.07, 6.45) is 7.71. The number of nitrogens with zero attached hydrogens (tertiary/aromatic N) is 3. The Morgan fingerprint density at radius 1 is 1.14 bits per heavy atom. The van der Waals surface area contributed by atoms with Crippen molar-refractivity contribution in [2.45, 2.75) is 44.7 Å². The number of aromatic nitrogens is 1. The highest BCUT2D eigenvalue weighted by atomic mass is 19.1. The normalized spacial score (nSPS) is 21.7. The van der Waals surface area contributed by atoms with Gasteiger partial charge in [0.25, 0.3) is 0 Å². The van der Waals surface area contributed by atoms with E-state index in [2.05, 4.69) is 14.8 Å². The summed E-state index contributed by atoms with van der Waals surface area (Å²) in [6.45, 7) is 4.84. The molecule has 3 rings (SSSR count). The molecule has 0 aliphatic carbocycles. The Bertz CT molecular complexity index is 465. The standard InChI is InChI=1S/C16H25FN4/c17-14-10-13(11-18)16(19-12-14)21-8-4-15(5-9-21)20-6-2-1-3-7-20/h10,12,15H,1-9,11,18H2. The van der Waals surface area contributed by atoms with E-state index in [1.807, 2.05) is 0 Å². The van der Waals surface area contributed by atoms with E-state index in [-0.39, 0.29) is 5.82 Å². The Kier molecular flexibility index (Phi) is 4.70. The molecule has 2 aliphatic rings. The summed E-state index contributed by atoms with van der Waals surface area (Å²) in [5.74, 6) is 0.568. The topological polar surface area (TPSA) is 45.4 Å². The van der Waals surface area contributed by atoms with E-state index in [0.717, 1.165) is 24.5 Å². The van der Waals surface area contributed by atoms with Crippen LogP contribution in [0.3, 0.4) is 0 Å². The van der Waals surface area contributed by atoms with Gasteiger partial charge < -0.3 is 15.5 Å². The fourth-order valence-corrected chi connectivity index (χ4v) is 3.64. The first-order valence-corrected chi connectivity index (χ1v) is 8.11. The molecule has 0 unspecified atom stereocenters. The van der Waals surface area contributed by atoms with Crippen molar-refractivity contribution in [3.63, 3.8) is 0 Å². The molecule has 3 heterocycles. The van der Waals surface area contributed by atoms with E-state index in [4.69, 9.17) is 5.73 Å². The van der Waals surface area contributed by atoms with Crippen LogP contribution in [-0.2, 0) is 6.54 Å². The summed E-state index contributed by atoms with van der Waals surface area (Å²) in [4.78, 5) is 9.19. The fraction of sp³-hybridized carbons (Fsp3) is 0.688. The Morgan fingerprint density at radius 2 is 1.86 bits per heavy atom. The van der Waals surface area contributed by atoms with E-state index in [0.29, 0.717) is 12.6 Å². The van der Waals surface area contributed by atoms with E-state index < -0.39 is 0 Å². The van der Waals surface area contributed by atoms with E-state index in [9.17, 15) is 4.39 Å². The molecular weight excluding hydrogens is 267 g/mol. The van der Waals surface area contributed by atoms with Crippen molar-refractivity contribution >= 4 is 5.82 Å². The fourth-order valence-electron chi connectivity index (χ4n) is 3.64. The number of pyridine rings is 1. The van der Waals surface area contributed by atoms with Gasteiger partial charge in [-0.3, -0.25) is 0 Å². The average Bonchev–Trinajstić information content (AvgIpc) is 2.56. The molecule has 0 bridgehead atoms. The van der Waals surface area contributed by atoms with Crippen molar-refractivity contribution in [3.05, 3.63) is 23.6 Å². The van der Waals surface area contributed by atoms with Crippen LogP contribution in [0, 0.1) is 5.82 Å². The van der Waals surface area contributed by atoms with Crippen LogP contribution in [0.1, 0.15) is 37.7 Å². The quantitative estimate of drug-likeness (QED) is 0.927. The first-order chi connectivity index (χ1) is 10.3. The van der Waals surface area contributed by atoms with Gasteiger partial charge in [0.1, 0.15) is 11.6 Å². The Morgan fingerprint density at radius 3 is 2.52 bits per heavy atom. The molecule has 116 valence electrons. The first-order valence-electron chi connectivity index (χ1n) is 8.11. The smallest absolute Gasteiger partial charge is 0.141 e. The first kappa shape index (κ1) is 14.7. The number of hydrogen-bond donors (Lipinski definition) is 1. The summed E-state index contributed by atoms with van der Waals surface area (Å²) in [5.41, 5.74) is 6.54. The predicted octanol–water partition coefficient (Wildman–Crippen LogP) is 2.13. The van der Waals surface area contributed by atoms with Crippen molar-refractivity contribution in [2.75, 3.05) is 31.1 Å². The lowest BCUT2D eigenvalue weighted by atomic mass is 9.99. The summed E-state index contributed by atoms with van der Waals surface area (Å²) in [7, 11) is 0. The summed E-state index contributed by atoms with van der Waals surface area (Å²) >= 11 is 0. The maximum atomic E-state index is 13.3. The molecule has 21 heavy (non-hydrogen) atoms. The SMILES string of the molecule is NCc1cc(F)cnc1N1CCC(N2CCCCC2)CC1. The number of halogens is 1. The number of rotatable bonds is 3. The van der Waals surface area contributed by atoms with Crippen molar-refractivity contribution in [3.8, 4) is 0 Å². The molecule has 0 spiro atoms. The number of anilines is 1. The maximum absolute atomic E-state index is 13.3. The number of likely N-dealkylation sites (tertiary alicyclic amines) is 1. The lowest BCUT2D eigenvalue weighted by Crippen LogP contribution is -2.47. The Labute approximate surface area is 126 Å². The van der Waals surface area contributed by atoms with Gasteiger partial charge in [-0.2, -0.15) is 0 Å². The van der Waals surface area contributed by atoms with Gasteiger partial charge in [0.2, 0.25) is 0 Å². The molecule has 0 aromatic carbocycles. The second kappa shape index (κ2) is 6.71. The van der Waals surface area contributed by atoms with E-state index >= 15 is 0 Å². The van der Waals surface area contributed by atoms with Gasteiger partial charge in [-0.25, -0.2) is 9.37 Å². The van der Waals surface area contributed by atoms with Crippen LogP contribution >= 0.6 is 0 Å². The zero-order valence-corrected chi connectivity index (χ0v) is 12.6. The molecule has 1 aromatic rings. The van der Waals surface area contributed by atoms with Gasteiger partial charge in [-0.15, -0.1) is 0 Å².